The summed E-state index contributed by atoms with van der Waals surface area (Å²) in [6.07, 6.45) is 3.33. The van der Waals surface area contributed by atoms with Crippen LogP contribution in [0, 0.1) is 0 Å². The largest absolute Gasteiger partial charge is 0.477 e. The molecule has 0 saturated heterocycles. The molecule has 0 unspecified atom stereocenters. The predicted octanol–water partition coefficient (Wildman–Crippen LogP) is 2.97. The molecule has 5 heteroatoms. The molecule has 3 rings (SSSR count). The molecule has 0 amide bonds. The third-order valence-corrected chi connectivity index (χ3v) is 4.16. The van der Waals surface area contributed by atoms with E-state index >= 15 is 0 Å². The Labute approximate surface area is 117 Å². The highest BCUT2D eigenvalue weighted by atomic mass is 79.9. The van der Waals surface area contributed by atoms with Crippen LogP contribution in [0.4, 0.5) is 0 Å². The van der Waals surface area contributed by atoms with Crippen molar-refractivity contribution < 1.29 is 9.90 Å². The van der Waals surface area contributed by atoms with Crippen LogP contribution in [0.2, 0.25) is 0 Å². The molecule has 1 N–H and O–H groups in total. The SMILES string of the molecule is C[C@@H]1CCc2cc(Br)cc3c(=O)c(C(=O)O)cn1c23. The Hall–Kier alpha value is -1.62. The number of aromatic nitrogens is 1. The first-order chi connectivity index (χ1) is 8.99. The van der Waals surface area contributed by atoms with Gasteiger partial charge in [0.25, 0.3) is 0 Å². The molecule has 0 saturated carbocycles. The van der Waals surface area contributed by atoms with E-state index in [2.05, 4.69) is 15.9 Å². The van der Waals surface area contributed by atoms with Crippen molar-refractivity contribution in [1.82, 2.24) is 4.57 Å². The lowest BCUT2D eigenvalue weighted by molar-refractivity contribution is 0.0694. The summed E-state index contributed by atoms with van der Waals surface area (Å²) in [7, 11) is 0. The molecule has 19 heavy (non-hydrogen) atoms. The van der Waals surface area contributed by atoms with E-state index in [0.29, 0.717) is 5.39 Å². The van der Waals surface area contributed by atoms with Crippen LogP contribution >= 0.6 is 15.9 Å². The quantitative estimate of drug-likeness (QED) is 0.878. The van der Waals surface area contributed by atoms with Gasteiger partial charge in [0.05, 0.1) is 5.52 Å². The van der Waals surface area contributed by atoms with Gasteiger partial charge in [-0.05, 0) is 37.5 Å². The van der Waals surface area contributed by atoms with Crippen LogP contribution in [0.25, 0.3) is 10.9 Å². The van der Waals surface area contributed by atoms with E-state index < -0.39 is 11.4 Å². The van der Waals surface area contributed by atoms with Gasteiger partial charge in [-0.3, -0.25) is 4.79 Å². The molecule has 0 radical (unpaired) electrons. The summed E-state index contributed by atoms with van der Waals surface area (Å²) in [5.74, 6) is -1.17. The summed E-state index contributed by atoms with van der Waals surface area (Å²) in [6, 6.07) is 3.92. The molecule has 0 bridgehead atoms. The average molecular weight is 322 g/mol. The topological polar surface area (TPSA) is 59.3 Å². The monoisotopic (exact) mass is 321 g/mol. The van der Waals surface area contributed by atoms with Crippen LogP contribution in [0.15, 0.2) is 27.6 Å². The molecule has 0 fully saturated rings. The molecule has 1 aliphatic heterocycles. The maximum absolute atomic E-state index is 12.3. The van der Waals surface area contributed by atoms with Crippen molar-refractivity contribution in [3.8, 4) is 0 Å². The van der Waals surface area contributed by atoms with Gasteiger partial charge in [0.2, 0.25) is 5.43 Å². The predicted molar refractivity (Wildman–Crippen MR) is 75.9 cm³/mol. The summed E-state index contributed by atoms with van der Waals surface area (Å²) in [5.41, 5.74) is 1.40. The minimum atomic E-state index is -1.17. The summed E-state index contributed by atoms with van der Waals surface area (Å²) < 4.78 is 2.74. The lowest BCUT2D eigenvalue weighted by Gasteiger charge is -2.26. The smallest absolute Gasteiger partial charge is 0.341 e. The molecule has 2 aromatic rings. The van der Waals surface area contributed by atoms with Crippen LogP contribution in [-0.4, -0.2) is 15.6 Å². The second kappa shape index (κ2) is 4.20. The van der Waals surface area contributed by atoms with Crippen LogP contribution in [0.1, 0.15) is 35.3 Å². The zero-order valence-electron chi connectivity index (χ0n) is 10.3. The number of nitrogens with zero attached hydrogens (tertiary/aromatic N) is 1. The molecule has 1 aliphatic rings. The van der Waals surface area contributed by atoms with Crippen molar-refractivity contribution in [3.63, 3.8) is 0 Å². The number of rotatable bonds is 1. The lowest BCUT2D eigenvalue weighted by atomic mass is 9.96. The van der Waals surface area contributed by atoms with E-state index in [-0.39, 0.29) is 11.6 Å². The molecular formula is C14H12BrNO3. The van der Waals surface area contributed by atoms with Crippen LogP contribution in [0.3, 0.4) is 0 Å². The van der Waals surface area contributed by atoms with Crippen molar-refractivity contribution in [2.24, 2.45) is 0 Å². The first-order valence-corrected chi connectivity index (χ1v) is 6.89. The third-order valence-electron chi connectivity index (χ3n) is 3.71. The minimum absolute atomic E-state index is 0.162. The Kier molecular flexibility index (Phi) is 2.74. The fraction of sp³-hybridized carbons (Fsp3) is 0.286. The number of hydrogen-bond donors (Lipinski definition) is 1. The normalized spacial score (nSPS) is 17.7. The maximum atomic E-state index is 12.3. The maximum Gasteiger partial charge on any atom is 0.341 e. The molecule has 0 aliphatic carbocycles. The number of carboxylic acid groups (broad SMARTS) is 1. The van der Waals surface area contributed by atoms with Crippen molar-refractivity contribution in [2.75, 3.05) is 0 Å². The van der Waals surface area contributed by atoms with Gasteiger partial charge in [-0.1, -0.05) is 15.9 Å². The zero-order chi connectivity index (χ0) is 13.7. The number of carbonyl (C=O) groups is 1. The van der Waals surface area contributed by atoms with Gasteiger partial charge in [0, 0.05) is 22.1 Å². The standard InChI is InChI=1S/C14H12BrNO3/c1-7-2-3-8-4-9(15)5-10-12(8)16(7)6-11(13(10)17)14(18)19/h4-7H,2-3H2,1H3,(H,18,19)/t7-/m1/s1. The first kappa shape index (κ1) is 12.4. The van der Waals surface area contributed by atoms with E-state index in [9.17, 15) is 9.59 Å². The van der Waals surface area contributed by atoms with Gasteiger partial charge >= 0.3 is 5.97 Å². The Morgan fingerprint density at radius 1 is 1.47 bits per heavy atom. The van der Waals surface area contributed by atoms with Gasteiger partial charge in [-0.15, -0.1) is 0 Å². The Morgan fingerprint density at radius 3 is 2.89 bits per heavy atom. The minimum Gasteiger partial charge on any atom is -0.477 e. The van der Waals surface area contributed by atoms with E-state index in [1.807, 2.05) is 17.6 Å². The van der Waals surface area contributed by atoms with Gasteiger partial charge < -0.3 is 9.67 Å². The number of hydrogen-bond acceptors (Lipinski definition) is 2. The Balaban J connectivity index is 2.53. The fourth-order valence-corrected chi connectivity index (χ4v) is 3.24. The molecular weight excluding hydrogens is 310 g/mol. The molecule has 98 valence electrons. The van der Waals surface area contributed by atoms with Crippen molar-refractivity contribution >= 4 is 32.8 Å². The van der Waals surface area contributed by atoms with Gasteiger partial charge in [0.1, 0.15) is 5.56 Å². The zero-order valence-corrected chi connectivity index (χ0v) is 11.9. The number of halogens is 1. The summed E-state index contributed by atoms with van der Waals surface area (Å²) >= 11 is 3.39. The fourth-order valence-electron chi connectivity index (χ4n) is 2.74. The van der Waals surface area contributed by atoms with E-state index in [4.69, 9.17) is 5.11 Å². The Morgan fingerprint density at radius 2 is 2.21 bits per heavy atom. The van der Waals surface area contributed by atoms with Crippen LogP contribution in [0.5, 0.6) is 0 Å². The molecule has 1 atom stereocenters. The highest BCUT2D eigenvalue weighted by Gasteiger charge is 2.22. The molecule has 4 nitrogen and oxygen atoms in total. The number of carboxylic acids is 1. The summed E-state index contributed by atoms with van der Waals surface area (Å²) in [5, 5.41) is 9.65. The van der Waals surface area contributed by atoms with Gasteiger partial charge in [-0.25, -0.2) is 4.79 Å². The molecule has 2 heterocycles. The number of benzene rings is 1. The van der Waals surface area contributed by atoms with Gasteiger partial charge in [-0.2, -0.15) is 0 Å². The molecule has 1 aromatic heterocycles. The van der Waals surface area contributed by atoms with Crippen molar-refractivity contribution in [1.29, 1.82) is 0 Å². The third kappa shape index (κ3) is 1.80. The Bertz CT molecular complexity index is 763. The number of aryl methyl sites for hydroxylation is 1. The average Bonchev–Trinajstić information content (AvgIpc) is 2.35. The lowest BCUT2D eigenvalue weighted by Crippen LogP contribution is -2.23. The van der Waals surface area contributed by atoms with Crippen LogP contribution in [-0.2, 0) is 6.42 Å². The molecule has 1 aromatic carbocycles. The number of aromatic carboxylic acids is 1. The first-order valence-electron chi connectivity index (χ1n) is 6.09. The van der Waals surface area contributed by atoms with Crippen LogP contribution < -0.4 is 5.43 Å². The second-order valence-electron chi connectivity index (χ2n) is 4.93. The van der Waals surface area contributed by atoms with Crippen molar-refractivity contribution in [3.05, 3.63) is 44.2 Å². The highest BCUT2D eigenvalue weighted by molar-refractivity contribution is 9.10. The van der Waals surface area contributed by atoms with E-state index in [1.54, 1.807) is 6.07 Å². The molecule has 0 spiro atoms. The highest BCUT2D eigenvalue weighted by Crippen LogP contribution is 2.32. The summed E-state index contributed by atoms with van der Waals surface area (Å²) in [4.78, 5) is 23.5. The second-order valence-corrected chi connectivity index (χ2v) is 5.85. The van der Waals surface area contributed by atoms with Crippen molar-refractivity contribution in [2.45, 2.75) is 25.8 Å². The van der Waals surface area contributed by atoms with E-state index in [0.717, 1.165) is 28.4 Å². The van der Waals surface area contributed by atoms with Gasteiger partial charge in [0.15, 0.2) is 0 Å². The number of pyridine rings is 1. The summed E-state index contributed by atoms with van der Waals surface area (Å²) in [6.45, 7) is 2.04. The van der Waals surface area contributed by atoms with E-state index in [1.165, 1.54) is 6.20 Å².